The van der Waals surface area contributed by atoms with Crippen LogP contribution in [0.5, 0.6) is 0 Å². The number of pyridine rings is 2. The maximum Gasteiger partial charge on any atom is 0.390 e. The number of sulfonamides is 1. The fourth-order valence-corrected chi connectivity index (χ4v) is 6.63. The van der Waals surface area contributed by atoms with Crippen molar-refractivity contribution in [2.24, 2.45) is 7.05 Å². The molecule has 0 radical (unpaired) electrons. The van der Waals surface area contributed by atoms with Gasteiger partial charge in [-0.2, -0.15) is 22.6 Å². The standard InChI is InChI=1S/C27H29F3N6O3S/c1-18-12-24-20(14-32-36(24)21-11-19(2)26(37)33(3)16-21)13-23(18)25-17-35(10-9-34(25)8-6-27(28,29)30)40(38,39)22-5-4-7-31-15-22/h4-5,7,11-16,25H,6,8-10,17H2,1-3H3. The number of aryl methyl sites for hydroxylation is 3. The van der Waals surface area contributed by atoms with Crippen molar-refractivity contribution in [1.29, 1.82) is 0 Å². The topological polar surface area (TPSA) is 93.3 Å². The highest BCUT2D eigenvalue weighted by atomic mass is 32.2. The highest BCUT2D eigenvalue weighted by molar-refractivity contribution is 7.89. The molecule has 0 aliphatic carbocycles. The summed E-state index contributed by atoms with van der Waals surface area (Å²) in [7, 11) is -2.23. The average molecular weight is 575 g/mol. The number of aromatic nitrogens is 4. The molecule has 1 saturated heterocycles. The van der Waals surface area contributed by atoms with Gasteiger partial charge >= 0.3 is 6.18 Å². The van der Waals surface area contributed by atoms with Gasteiger partial charge in [0.1, 0.15) is 4.90 Å². The van der Waals surface area contributed by atoms with Crippen LogP contribution in [0.2, 0.25) is 0 Å². The fraction of sp³-hybridized carbons (Fsp3) is 0.370. The first kappa shape index (κ1) is 28.0. The molecule has 9 nitrogen and oxygen atoms in total. The molecule has 4 aromatic rings. The first-order valence-corrected chi connectivity index (χ1v) is 14.2. The summed E-state index contributed by atoms with van der Waals surface area (Å²) in [6.07, 6.45) is 0.763. The Morgan fingerprint density at radius 1 is 1.07 bits per heavy atom. The Bertz CT molecular complexity index is 1690. The maximum atomic E-state index is 13.4. The normalized spacial score (nSPS) is 17.5. The zero-order chi connectivity index (χ0) is 28.8. The second kappa shape index (κ2) is 10.5. The number of alkyl halides is 3. The van der Waals surface area contributed by atoms with Gasteiger partial charge in [0, 0.05) is 68.8 Å². The molecule has 1 fully saturated rings. The van der Waals surface area contributed by atoms with Crippen LogP contribution in [0.25, 0.3) is 16.6 Å². The second-order valence-corrected chi connectivity index (χ2v) is 12.0. The monoisotopic (exact) mass is 574 g/mol. The summed E-state index contributed by atoms with van der Waals surface area (Å²) in [5, 5.41) is 5.26. The van der Waals surface area contributed by atoms with Crippen LogP contribution in [0.4, 0.5) is 13.2 Å². The van der Waals surface area contributed by atoms with Gasteiger partial charge in [0.05, 0.1) is 23.8 Å². The van der Waals surface area contributed by atoms with Crippen molar-refractivity contribution in [3.05, 3.63) is 82.2 Å². The van der Waals surface area contributed by atoms with Crippen molar-refractivity contribution in [1.82, 2.24) is 28.5 Å². The molecular weight excluding hydrogens is 545 g/mol. The molecule has 5 rings (SSSR count). The van der Waals surface area contributed by atoms with Gasteiger partial charge in [-0.05, 0) is 55.3 Å². The Kier molecular flexibility index (Phi) is 7.31. The van der Waals surface area contributed by atoms with Crippen LogP contribution in [0.1, 0.15) is 29.2 Å². The lowest BCUT2D eigenvalue weighted by atomic mass is 9.96. The quantitative estimate of drug-likeness (QED) is 0.349. The van der Waals surface area contributed by atoms with Gasteiger partial charge in [0.25, 0.3) is 5.56 Å². The van der Waals surface area contributed by atoms with E-state index in [1.54, 1.807) is 42.0 Å². The molecule has 4 heterocycles. The number of benzene rings is 1. The second-order valence-electron chi connectivity index (χ2n) is 10.1. The maximum absolute atomic E-state index is 13.4. The summed E-state index contributed by atoms with van der Waals surface area (Å²) in [5.74, 6) is 0. The smallest absolute Gasteiger partial charge is 0.316 e. The van der Waals surface area contributed by atoms with Crippen molar-refractivity contribution < 1.29 is 21.6 Å². The van der Waals surface area contributed by atoms with Crippen LogP contribution in [-0.4, -0.2) is 69.3 Å². The van der Waals surface area contributed by atoms with Crippen molar-refractivity contribution >= 4 is 20.9 Å². The number of nitrogens with zero attached hydrogens (tertiary/aromatic N) is 6. The molecule has 1 aliphatic rings. The van der Waals surface area contributed by atoms with Crippen LogP contribution >= 0.6 is 0 Å². The van der Waals surface area contributed by atoms with E-state index in [0.717, 1.165) is 22.0 Å². The van der Waals surface area contributed by atoms with Crippen LogP contribution < -0.4 is 5.56 Å². The van der Waals surface area contributed by atoms with Crippen molar-refractivity contribution in [3.8, 4) is 5.69 Å². The molecule has 1 aliphatic heterocycles. The van der Waals surface area contributed by atoms with Gasteiger partial charge in [-0.3, -0.25) is 14.7 Å². The average Bonchev–Trinajstić information content (AvgIpc) is 3.32. The van der Waals surface area contributed by atoms with E-state index in [0.29, 0.717) is 11.3 Å². The molecule has 0 amide bonds. The minimum atomic E-state index is -4.34. The molecule has 0 bridgehead atoms. The van der Waals surface area contributed by atoms with E-state index in [1.807, 2.05) is 19.1 Å². The molecule has 0 spiro atoms. The Morgan fingerprint density at radius 3 is 2.52 bits per heavy atom. The molecule has 1 unspecified atom stereocenters. The van der Waals surface area contributed by atoms with Gasteiger partial charge in [0.15, 0.2) is 0 Å². The van der Waals surface area contributed by atoms with Crippen LogP contribution in [0, 0.1) is 13.8 Å². The molecular formula is C27H29F3N6O3S. The fourth-order valence-electron chi connectivity index (χ4n) is 5.23. The van der Waals surface area contributed by atoms with E-state index in [2.05, 4.69) is 10.1 Å². The summed E-state index contributed by atoms with van der Waals surface area (Å²) in [6.45, 7) is 3.54. The van der Waals surface area contributed by atoms with Crippen LogP contribution in [-0.2, 0) is 17.1 Å². The zero-order valence-electron chi connectivity index (χ0n) is 22.3. The van der Waals surface area contributed by atoms with Gasteiger partial charge in [-0.25, -0.2) is 13.1 Å². The first-order valence-electron chi connectivity index (χ1n) is 12.7. The summed E-state index contributed by atoms with van der Waals surface area (Å²) in [5.41, 5.74) is 3.43. The Labute approximate surface area is 229 Å². The first-order chi connectivity index (χ1) is 18.8. The molecule has 1 atom stereocenters. The van der Waals surface area contributed by atoms with Crippen molar-refractivity contribution in [2.45, 2.75) is 37.4 Å². The van der Waals surface area contributed by atoms with E-state index >= 15 is 0 Å². The predicted octanol–water partition coefficient (Wildman–Crippen LogP) is 3.74. The van der Waals surface area contributed by atoms with Gasteiger partial charge < -0.3 is 4.57 Å². The molecule has 3 aromatic heterocycles. The van der Waals surface area contributed by atoms with Gasteiger partial charge in [-0.15, -0.1) is 0 Å². The van der Waals surface area contributed by atoms with Crippen molar-refractivity contribution in [2.75, 3.05) is 26.2 Å². The molecule has 0 N–H and O–H groups in total. The van der Waals surface area contributed by atoms with E-state index < -0.39 is 28.7 Å². The molecule has 212 valence electrons. The van der Waals surface area contributed by atoms with Gasteiger partial charge in [-0.1, -0.05) is 0 Å². The largest absolute Gasteiger partial charge is 0.390 e. The Balaban J connectivity index is 1.55. The molecule has 1 aromatic carbocycles. The van der Waals surface area contributed by atoms with E-state index in [9.17, 15) is 26.4 Å². The highest BCUT2D eigenvalue weighted by Crippen LogP contribution is 2.34. The lowest BCUT2D eigenvalue weighted by Crippen LogP contribution is -2.51. The third-order valence-corrected chi connectivity index (χ3v) is 9.16. The summed E-state index contributed by atoms with van der Waals surface area (Å²) >= 11 is 0. The minimum absolute atomic E-state index is 0.00440. The molecule has 13 heteroatoms. The number of halogens is 3. The van der Waals surface area contributed by atoms with E-state index in [-0.39, 0.29) is 36.6 Å². The van der Waals surface area contributed by atoms with Crippen LogP contribution in [0.3, 0.4) is 0 Å². The number of hydrogen-bond acceptors (Lipinski definition) is 6. The Hall–Kier alpha value is -3.55. The third kappa shape index (κ3) is 5.40. The number of piperazine rings is 1. The van der Waals surface area contributed by atoms with Crippen molar-refractivity contribution in [3.63, 3.8) is 0 Å². The molecule has 40 heavy (non-hydrogen) atoms. The Morgan fingerprint density at radius 2 is 1.85 bits per heavy atom. The zero-order valence-corrected chi connectivity index (χ0v) is 23.1. The predicted molar refractivity (Wildman–Crippen MR) is 144 cm³/mol. The highest BCUT2D eigenvalue weighted by Gasteiger charge is 2.38. The summed E-state index contributed by atoms with van der Waals surface area (Å²) in [4.78, 5) is 17.8. The van der Waals surface area contributed by atoms with Gasteiger partial charge in [0.2, 0.25) is 10.0 Å². The third-order valence-electron chi connectivity index (χ3n) is 7.32. The molecule has 0 saturated carbocycles. The lowest BCUT2D eigenvalue weighted by molar-refractivity contribution is -0.140. The minimum Gasteiger partial charge on any atom is -0.316 e. The summed E-state index contributed by atoms with van der Waals surface area (Å²) in [6, 6.07) is 7.91. The van der Waals surface area contributed by atoms with Crippen LogP contribution in [0.15, 0.2) is 64.8 Å². The number of rotatable bonds is 6. The lowest BCUT2D eigenvalue weighted by Gasteiger charge is -2.41. The summed E-state index contributed by atoms with van der Waals surface area (Å²) < 4.78 is 70.8. The van der Waals surface area contributed by atoms with E-state index in [4.69, 9.17) is 0 Å². The number of fused-ring (bicyclic) bond motifs is 1. The van der Waals surface area contributed by atoms with E-state index in [1.165, 1.54) is 33.4 Å². The SMILES string of the molecule is Cc1cc2c(cnn2-c2cc(C)c(=O)n(C)c2)cc1C1CN(S(=O)(=O)c2cccnc2)CCN1CCC(F)(F)F. The number of hydrogen-bond donors (Lipinski definition) is 0.